The molecule has 2 fully saturated rings. The highest BCUT2D eigenvalue weighted by Gasteiger charge is 2.41. The van der Waals surface area contributed by atoms with Crippen LogP contribution in [0.4, 0.5) is 0 Å². The summed E-state index contributed by atoms with van der Waals surface area (Å²) >= 11 is 0. The fraction of sp³-hybridized carbons (Fsp3) is 0.727. The minimum Gasteiger partial charge on any atom is -0.323 e. The molecule has 0 saturated heterocycles. The maximum absolute atomic E-state index is 14.5. The van der Waals surface area contributed by atoms with E-state index < -0.39 is 7.14 Å². The highest BCUT2D eigenvalue weighted by Crippen LogP contribution is 2.65. The molecule has 2 saturated carbocycles. The van der Waals surface area contributed by atoms with Crippen molar-refractivity contribution >= 4 is 7.14 Å². The van der Waals surface area contributed by atoms with Crippen LogP contribution >= 0.6 is 7.14 Å². The quantitative estimate of drug-likeness (QED) is 0.529. The molecule has 0 atom stereocenters. The second-order valence-electron chi connectivity index (χ2n) is 8.47. The number of rotatable bonds is 4. The van der Waals surface area contributed by atoms with E-state index in [4.69, 9.17) is 0 Å². The monoisotopic (exact) mass is 346 g/mol. The van der Waals surface area contributed by atoms with Crippen LogP contribution in [0.5, 0.6) is 0 Å². The van der Waals surface area contributed by atoms with Crippen LogP contribution in [0.1, 0.15) is 86.5 Å². The van der Waals surface area contributed by atoms with Crippen molar-refractivity contribution in [3.8, 4) is 0 Å². The molecule has 0 spiro atoms. The van der Waals surface area contributed by atoms with Crippen molar-refractivity contribution in [3.05, 3.63) is 34.4 Å². The van der Waals surface area contributed by atoms with E-state index in [9.17, 15) is 4.57 Å². The van der Waals surface area contributed by atoms with E-state index in [0.717, 1.165) is 6.16 Å². The minimum atomic E-state index is -2.16. The molecule has 1 aromatic rings. The summed E-state index contributed by atoms with van der Waals surface area (Å²) in [6.07, 6.45) is 13.7. The van der Waals surface area contributed by atoms with E-state index in [1.165, 1.54) is 86.5 Å². The predicted molar refractivity (Wildman–Crippen MR) is 106 cm³/mol. The molecular weight excluding hydrogens is 311 g/mol. The fourth-order valence-electron chi connectivity index (χ4n) is 5.30. The van der Waals surface area contributed by atoms with Gasteiger partial charge in [0.15, 0.2) is 0 Å². The lowest BCUT2D eigenvalue weighted by atomic mass is 9.99. The van der Waals surface area contributed by atoms with Gasteiger partial charge < -0.3 is 4.57 Å². The second kappa shape index (κ2) is 7.77. The summed E-state index contributed by atoms with van der Waals surface area (Å²) in [6, 6.07) is 4.57. The highest BCUT2D eigenvalue weighted by molar-refractivity contribution is 7.64. The molecule has 0 amide bonds. The Labute approximate surface area is 149 Å². The van der Waals surface area contributed by atoms with Crippen LogP contribution in [0.3, 0.4) is 0 Å². The minimum absolute atomic E-state index is 0.509. The molecule has 0 bridgehead atoms. The van der Waals surface area contributed by atoms with Crippen LogP contribution in [0.25, 0.3) is 0 Å². The number of benzene rings is 1. The first-order valence-corrected chi connectivity index (χ1v) is 12.2. The third-order valence-electron chi connectivity index (χ3n) is 6.63. The van der Waals surface area contributed by atoms with Crippen LogP contribution in [0.15, 0.2) is 12.1 Å². The predicted octanol–water partition coefficient (Wildman–Crippen LogP) is 7.14. The Balaban J connectivity index is 1.94. The summed E-state index contributed by atoms with van der Waals surface area (Å²) in [5.41, 5.74) is 6.47. The Morgan fingerprint density at radius 3 is 1.62 bits per heavy atom. The second-order valence-corrected chi connectivity index (χ2v) is 12.0. The average Bonchev–Trinajstić information content (AvgIpc) is 2.59. The molecule has 0 unspecified atom stereocenters. The lowest BCUT2D eigenvalue weighted by Crippen LogP contribution is -2.25. The van der Waals surface area contributed by atoms with Crippen molar-refractivity contribution in [2.45, 2.75) is 102 Å². The lowest BCUT2D eigenvalue weighted by Gasteiger charge is -2.39. The van der Waals surface area contributed by atoms with Gasteiger partial charge in [0.1, 0.15) is 0 Å². The van der Waals surface area contributed by atoms with E-state index >= 15 is 0 Å². The van der Waals surface area contributed by atoms with Crippen molar-refractivity contribution in [3.63, 3.8) is 0 Å². The van der Waals surface area contributed by atoms with Crippen molar-refractivity contribution < 1.29 is 4.57 Å². The molecule has 2 aliphatic rings. The molecule has 0 aliphatic heterocycles. The first-order valence-electron chi connectivity index (χ1n) is 10.2. The number of hydrogen-bond donors (Lipinski definition) is 0. The number of hydrogen-bond acceptors (Lipinski definition) is 1. The molecule has 0 aromatic heterocycles. The van der Waals surface area contributed by atoms with Crippen LogP contribution in [0.2, 0.25) is 0 Å². The topological polar surface area (TPSA) is 17.1 Å². The molecule has 24 heavy (non-hydrogen) atoms. The van der Waals surface area contributed by atoms with Crippen molar-refractivity contribution in [2.75, 3.05) is 0 Å². The molecule has 3 rings (SSSR count). The standard InChI is InChI=1S/C22H35OP/c1-17-14-18(2)22(19(3)15-17)16-24(23,20-10-6-4-7-11-20)21-12-8-5-9-13-21/h14-15,20-21H,4-13,16H2,1-3H3. The Bertz CT molecular complexity index is 561. The zero-order chi connectivity index (χ0) is 17.2. The van der Waals surface area contributed by atoms with Gasteiger partial charge in [0.05, 0.1) is 7.14 Å². The van der Waals surface area contributed by atoms with E-state index in [2.05, 4.69) is 32.9 Å². The van der Waals surface area contributed by atoms with Gasteiger partial charge in [-0.1, -0.05) is 56.2 Å². The first-order chi connectivity index (χ1) is 11.5. The first kappa shape index (κ1) is 18.2. The summed E-state index contributed by atoms with van der Waals surface area (Å²) in [7, 11) is -2.16. The van der Waals surface area contributed by atoms with Gasteiger partial charge >= 0.3 is 0 Å². The van der Waals surface area contributed by atoms with Gasteiger partial charge in [0.25, 0.3) is 0 Å². The molecule has 2 aliphatic carbocycles. The van der Waals surface area contributed by atoms with Crippen molar-refractivity contribution in [1.29, 1.82) is 0 Å². The molecular formula is C22H35OP. The molecule has 134 valence electrons. The Kier molecular flexibility index (Phi) is 5.91. The summed E-state index contributed by atoms with van der Waals surface area (Å²) in [4.78, 5) is 0. The maximum atomic E-state index is 14.5. The third-order valence-corrected chi connectivity index (χ3v) is 10.9. The summed E-state index contributed by atoms with van der Waals surface area (Å²) in [5, 5.41) is 0. The molecule has 1 aromatic carbocycles. The molecule has 1 nitrogen and oxygen atoms in total. The molecule has 2 heteroatoms. The van der Waals surface area contributed by atoms with E-state index in [1.54, 1.807) is 0 Å². The van der Waals surface area contributed by atoms with Crippen molar-refractivity contribution in [2.24, 2.45) is 0 Å². The largest absolute Gasteiger partial charge is 0.323 e. The molecule has 0 heterocycles. The van der Waals surface area contributed by atoms with Crippen LogP contribution in [-0.2, 0) is 10.7 Å². The van der Waals surface area contributed by atoms with Gasteiger partial charge in [-0.25, -0.2) is 0 Å². The van der Waals surface area contributed by atoms with Gasteiger partial charge in [0.2, 0.25) is 0 Å². The Morgan fingerprint density at radius 2 is 1.21 bits per heavy atom. The zero-order valence-electron chi connectivity index (χ0n) is 15.9. The molecule has 0 N–H and O–H groups in total. The average molecular weight is 346 g/mol. The molecule has 0 radical (unpaired) electrons. The normalized spacial score (nSPS) is 21.1. The van der Waals surface area contributed by atoms with E-state index in [1.807, 2.05) is 0 Å². The fourth-order valence-corrected chi connectivity index (χ4v) is 9.88. The van der Waals surface area contributed by atoms with Gasteiger partial charge in [-0.2, -0.15) is 0 Å². The van der Waals surface area contributed by atoms with Gasteiger partial charge in [-0.05, 0) is 63.1 Å². The SMILES string of the molecule is Cc1cc(C)c(CP(=O)(C2CCCCC2)C2CCCCC2)c(C)c1. The Morgan fingerprint density at radius 1 is 0.792 bits per heavy atom. The number of aryl methyl sites for hydroxylation is 3. The van der Waals surface area contributed by atoms with Crippen LogP contribution < -0.4 is 0 Å². The maximum Gasteiger partial charge on any atom is 0.0977 e. The summed E-state index contributed by atoms with van der Waals surface area (Å²) < 4.78 is 14.5. The Hall–Kier alpha value is -0.550. The van der Waals surface area contributed by atoms with Gasteiger partial charge in [-0.15, -0.1) is 0 Å². The van der Waals surface area contributed by atoms with Gasteiger partial charge in [0, 0.05) is 17.5 Å². The van der Waals surface area contributed by atoms with Crippen LogP contribution in [-0.4, -0.2) is 11.3 Å². The van der Waals surface area contributed by atoms with Gasteiger partial charge in [-0.3, -0.25) is 0 Å². The zero-order valence-corrected chi connectivity index (χ0v) is 16.8. The summed E-state index contributed by atoms with van der Waals surface area (Å²) in [5.74, 6) is 0. The van der Waals surface area contributed by atoms with Crippen LogP contribution in [0, 0.1) is 20.8 Å². The summed E-state index contributed by atoms with van der Waals surface area (Å²) in [6.45, 7) is 6.62. The van der Waals surface area contributed by atoms with Crippen molar-refractivity contribution in [1.82, 2.24) is 0 Å². The lowest BCUT2D eigenvalue weighted by molar-refractivity contribution is 0.446. The smallest absolute Gasteiger partial charge is 0.0977 e. The highest BCUT2D eigenvalue weighted by atomic mass is 31.2. The van der Waals surface area contributed by atoms with E-state index in [0.29, 0.717) is 11.3 Å². The third kappa shape index (κ3) is 3.82. The van der Waals surface area contributed by atoms with E-state index in [-0.39, 0.29) is 0 Å².